The zero-order chi connectivity index (χ0) is 6.91. The van der Waals surface area contributed by atoms with Gasteiger partial charge in [0.25, 0.3) is 0 Å². The number of hydrogen-bond acceptors (Lipinski definition) is 0. The van der Waals surface area contributed by atoms with Gasteiger partial charge in [-0.15, -0.1) is 0 Å². The molecule has 0 aliphatic heterocycles. The summed E-state index contributed by atoms with van der Waals surface area (Å²) in [5.74, 6) is 0.975. The van der Waals surface area contributed by atoms with Crippen LogP contribution in [-0.4, -0.2) is 0 Å². The Hall–Kier alpha value is 0. The van der Waals surface area contributed by atoms with Crippen LogP contribution in [-0.2, 0) is 0 Å². The van der Waals surface area contributed by atoms with Crippen molar-refractivity contribution in [3.63, 3.8) is 0 Å². The normalized spacial score (nSPS) is 43.7. The Labute approximate surface area is 58.7 Å². The molecule has 1 aliphatic carbocycles. The van der Waals surface area contributed by atoms with Gasteiger partial charge >= 0.3 is 0 Å². The van der Waals surface area contributed by atoms with E-state index in [2.05, 4.69) is 20.8 Å². The zero-order valence-corrected chi connectivity index (χ0v) is 6.91. The maximum absolute atomic E-state index is 2.44. The third kappa shape index (κ3) is 1.12. The molecule has 0 N–H and O–H groups in total. The minimum Gasteiger partial charge on any atom is -0.0649 e. The van der Waals surface area contributed by atoms with E-state index in [-0.39, 0.29) is 0 Å². The highest BCUT2D eigenvalue weighted by Crippen LogP contribution is 2.44. The second-order valence-corrected chi connectivity index (χ2v) is 3.80. The van der Waals surface area contributed by atoms with Crippen molar-refractivity contribution in [3.8, 4) is 0 Å². The van der Waals surface area contributed by atoms with Crippen molar-refractivity contribution >= 4 is 0 Å². The van der Waals surface area contributed by atoms with E-state index in [9.17, 15) is 0 Å². The highest BCUT2D eigenvalue weighted by molar-refractivity contribution is 4.84. The standard InChI is InChI=1S/C9H18/c1-4-9(3)7-5-6-8(9)2/h8H,4-7H2,1-3H3/t8-,9?/m0/s1. The Bertz CT molecular complexity index is 96.2. The van der Waals surface area contributed by atoms with Gasteiger partial charge in [-0.25, -0.2) is 0 Å². The molecule has 1 aliphatic rings. The molecule has 2 atom stereocenters. The Morgan fingerprint density at radius 2 is 2.22 bits per heavy atom. The molecule has 1 rings (SSSR count). The predicted octanol–water partition coefficient (Wildman–Crippen LogP) is 3.22. The number of rotatable bonds is 1. The predicted molar refractivity (Wildman–Crippen MR) is 41.4 cm³/mol. The molecular formula is C9H18. The summed E-state index contributed by atoms with van der Waals surface area (Å²) in [7, 11) is 0. The molecule has 0 amide bonds. The molecule has 0 saturated heterocycles. The van der Waals surface area contributed by atoms with Crippen LogP contribution in [0.4, 0.5) is 0 Å². The summed E-state index contributed by atoms with van der Waals surface area (Å²) in [6, 6.07) is 0. The zero-order valence-electron chi connectivity index (χ0n) is 6.91. The summed E-state index contributed by atoms with van der Waals surface area (Å²) in [4.78, 5) is 0. The van der Waals surface area contributed by atoms with Gasteiger partial charge < -0.3 is 0 Å². The van der Waals surface area contributed by atoms with Crippen LogP contribution in [0.2, 0.25) is 0 Å². The van der Waals surface area contributed by atoms with E-state index >= 15 is 0 Å². The molecular weight excluding hydrogens is 108 g/mol. The third-order valence-electron chi connectivity index (χ3n) is 3.38. The van der Waals surface area contributed by atoms with E-state index in [0.29, 0.717) is 5.41 Å². The monoisotopic (exact) mass is 126 g/mol. The highest BCUT2D eigenvalue weighted by Gasteiger charge is 2.33. The summed E-state index contributed by atoms with van der Waals surface area (Å²) in [6.07, 6.45) is 5.76. The molecule has 1 fully saturated rings. The van der Waals surface area contributed by atoms with Crippen LogP contribution in [0.1, 0.15) is 46.5 Å². The first kappa shape index (κ1) is 7.11. The Morgan fingerprint density at radius 3 is 2.44 bits per heavy atom. The van der Waals surface area contributed by atoms with E-state index in [0.717, 1.165) is 5.92 Å². The fourth-order valence-electron chi connectivity index (χ4n) is 1.93. The maximum Gasteiger partial charge on any atom is -0.0303 e. The first-order chi connectivity index (χ1) is 4.19. The van der Waals surface area contributed by atoms with Crippen molar-refractivity contribution in [1.82, 2.24) is 0 Å². The van der Waals surface area contributed by atoms with E-state index in [4.69, 9.17) is 0 Å². The molecule has 0 aromatic carbocycles. The molecule has 0 aromatic rings. The molecule has 9 heavy (non-hydrogen) atoms. The minimum absolute atomic E-state index is 0.694. The maximum atomic E-state index is 2.44. The van der Waals surface area contributed by atoms with Crippen LogP contribution in [0.25, 0.3) is 0 Å². The van der Waals surface area contributed by atoms with Gasteiger partial charge in [-0.2, -0.15) is 0 Å². The second-order valence-electron chi connectivity index (χ2n) is 3.80. The second kappa shape index (κ2) is 2.32. The molecule has 0 bridgehead atoms. The van der Waals surface area contributed by atoms with Crippen molar-refractivity contribution in [2.45, 2.75) is 46.5 Å². The fraction of sp³-hybridized carbons (Fsp3) is 1.00. The average Bonchev–Trinajstić information content (AvgIpc) is 2.15. The van der Waals surface area contributed by atoms with Gasteiger partial charge in [0.1, 0.15) is 0 Å². The molecule has 1 unspecified atom stereocenters. The molecule has 0 aromatic heterocycles. The van der Waals surface area contributed by atoms with E-state index in [1.807, 2.05) is 0 Å². The molecule has 0 nitrogen and oxygen atoms in total. The number of hydrogen-bond donors (Lipinski definition) is 0. The molecule has 1 saturated carbocycles. The topological polar surface area (TPSA) is 0 Å². The quantitative estimate of drug-likeness (QED) is 0.506. The lowest BCUT2D eigenvalue weighted by molar-refractivity contribution is 0.236. The van der Waals surface area contributed by atoms with Crippen LogP contribution in [0.15, 0.2) is 0 Å². The van der Waals surface area contributed by atoms with E-state index < -0.39 is 0 Å². The van der Waals surface area contributed by atoms with Crippen LogP contribution in [0, 0.1) is 11.3 Å². The molecule has 0 heterocycles. The SMILES string of the molecule is CCC1(C)CCC[C@@H]1C. The van der Waals surface area contributed by atoms with Gasteiger partial charge in [-0.3, -0.25) is 0 Å². The first-order valence-electron chi connectivity index (χ1n) is 4.19. The van der Waals surface area contributed by atoms with Crippen molar-refractivity contribution < 1.29 is 0 Å². The lowest BCUT2D eigenvalue weighted by atomic mass is 9.79. The van der Waals surface area contributed by atoms with Gasteiger partial charge in [0, 0.05) is 0 Å². The molecule has 0 heteroatoms. The van der Waals surface area contributed by atoms with Gasteiger partial charge in [-0.05, 0) is 17.8 Å². The van der Waals surface area contributed by atoms with Gasteiger partial charge in [-0.1, -0.05) is 40.0 Å². The van der Waals surface area contributed by atoms with Crippen LogP contribution < -0.4 is 0 Å². The van der Waals surface area contributed by atoms with E-state index in [1.165, 1.54) is 25.7 Å². The average molecular weight is 126 g/mol. The van der Waals surface area contributed by atoms with Crippen LogP contribution >= 0.6 is 0 Å². The Balaban J connectivity index is 2.56. The first-order valence-corrected chi connectivity index (χ1v) is 4.19. The largest absolute Gasteiger partial charge is 0.0649 e. The summed E-state index contributed by atoms with van der Waals surface area (Å²) < 4.78 is 0. The summed E-state index contributed by atoms with van der Waals surface area (Å²) in [6.45, 7) is 7.16. The van der Waals surface area contributed by atoms with Crippen molar-refractivity contribution in [2.75, 3.05) is 0 Å². The Morgan fingerprint density at radius 1 is 1.56 bits per heavy atom. The lowest BCUT2D eigenvalue weighted by Crippen LogP contribution is -2.17. The third-order valence-corrected chi connectivity index (χ3v) is 3.38. The van der Waals surface area contributed by atoms with Crippen molar-refractivity contribution in [1.29, 1.82) is 0 Å². The molecule has 54 valence electrons. The fourth-order valence-corrected chi connectivity index (χ4v) is 1.93. The van der Waals surface area contributed by atoms with E-state index in [1.54, 1.807) is 0 Å². The molecule has 0 radical (unpaired) electrons. The van der Waals surface area contributed by atoms with Crippen LogP contribution in [0.5, 0.6) is 0 Å². The van der Waals surface area contributed by atoms with Crippen molar-refractivity contribution in [2.24, 2.45) is 11.3 Å². The summed E-state index contributed by atoms with van der Waals surface area (Å²) in [5.41, 5.74) is 0.694. The highest BCUT2D eigenvalue weighted by atomic mass is 14.4. The summed E-state index contributed by atoms with van der Waals surface area (Å²) >= 11 is 0. The van der Waals surface area contributed by atoms with Crippen molar-refractivity contribution in [3.05, 3.63) is 0 Å². The Kier molecular flexibility index (Phi) is 1.83. The summed E-state index contributed by atoms with van der Waals surface area (Å²) in [5, 5.41) is 0. The smallest absolute Gasteiger partial charge is 0.0303 e. The minimum atomic E-state index is 0.694. The van der Waals surface area contributed by atoms with Gasteiger partial charge in [0.05, 0.1) is 0 Å². The van der Waals surface area contributed by atoms with Crippen LogP contribution in [0.3, 0.4) is 0 Å². The lowest BCUT2D eigenvalue weighted by Gasteiger charge is -2.27. The molecule has 0 spiro atoms. The van der Waals surface area contributed by atoms with Gasteiger partial charge in [0.15, 0.2) is 0 Å². The van der Waals surface area contributed by atoms with Gasteiger partial charge in [0.2, 0.25) is 0 Å².